The van der Waals surface area contributed by atoms with Gasteiger partial charge in [0.25, 0.3) is 5.78 Å². The first-order valence-corrected chi connectivity index (χ1v) is 9.92. The molecule has 0 unspecified atom stereocenters. The second kappa shape index (κ2) is 8.22. The smallest absolute Gasteiger partial charge is 0.275 e. The van der Waals surface area contributed by atoms with Crippen molar-refractivity contribution in [3.63, 3.8) is 0 Å². The van der Waals surface area contributed by atoms with E-state index in [1.165, 1.54) is 11.8 Å². The Morgan fingerprint density at radius 2 is 1.96 bits per heavy atom. The van der Waals surface area contributed by atoms with Crippen LogP contribution in [0.15, 0.2) is 59.0 Å². The van der Waals surface area contributed by atoms with Crippen LogP contribution in [0.5, 0.6) is 5.75 Å². The Hall–Kier alpha value is -2.55. The highest BCUT2D eigenvalue weighted by Crippen LogP contribution is 2.27. The third-order valence-corrected chi connectivity index (χ3v) is 5.45. The first-order valence-electron chi connectivity index (χ1n) is 8.18. The summed E-state index contributed by atoms with van der Waals surface area (Å²) in [5.41, 5.74) is 1.89. The van der Waals surface area contributed by atoms with Crippen LogP contribution in [0, 0.1) is 0 Å². The fourth-order valence-electron chi connectivity index (χ4n) is 2.43. The summed E-state index contributed by atoms with van der Waals surface area (Å²) in [7, 11) is 1.63. The Balaban J connectivity index is 1.50. The van der Waals surface area contributed by atoms with Gasteiger partial charge in [0, 0.05) is 15.8 Å². The fourth-order valence-corrected chi connectivity index (χ4v) is 3.87. The zero-order chi connectivity index (χ0) is 19.5. The van der Waals surface area contributed by atoms with Crippen molar-refractivity contribution >= 4 is 47.0 Å². The lowest BCUT2D eigenvalue weighted by Crippen LogP contribution is -1.91. The minimum absolute atomic E-state index is 0.523. The van der Waals surface area contributed by atoms with E-state index in [4.69, 9.17) is 27.9 Å². The lowest BCUT2D eigenvalue weighted by Gasteiger charge is -2.02. The topological polar surface area (TPSA) is 69.6 Å². The predicted octanol–water partition coefficient (Wildman–Crippen LogP) is 4.42. The van der Waals surface area contributed by atoms with E-state index in [-0.39, 0.29) is 0 Å². The van der Waals surface area contributed by atoms with Crippen molar-refractivity contribution in [1.82, 2.24) is 24.5 Å². The van der Waals surface area contributed by atoms with E-state index in [1.807, 2.05) is 36.4 Å². The second-order valence-electron chi connectivity index (χ2n) is 5.71. The van der Waals surface area contributed by atoms with Crippen LogP contribution in [0.3, 0.4) is 0 Å². The first-order chi connectivity index (χ1) is 13.6. The highest BCUT2D eigenvalue weighted by Gasteiger charge is 2.12. The summed E-state index contributed by atoms with van der Waals surface area (Å²) in [5, 5.41) is 19.0. The minimum atomic E-state index is 0.523. The first kappa shape index (κ1) is 18.8. The number of nitrogens with zero attached hydrogens (tertiary/aromatic N) is 6. The van der Waals surface area contributed by atoms with Crippen molar-refractivity contribution in [1.29, 1.82) is 0 Å². The molecule has 0 aliphatic heterocycles. The Morgan fingerprint density at radius 1 is 1.14 bits per heavy atom. The molecule has 7 nitrogen and oxygen atoms in total. The predicted molar refractivity (Wildman–Crippen MR) is 111 cm³/mol. The molecule has 0 aliphatic rings. The molecule has 0 saturated carbocycles. The van der Waals surface area contributed by atoms with Crippen LogP contribution < -0.4 is 4.74 Å². The molecule has 4 aromatic rings. The summed E-state index contributed by atoms with van der Waals surface area (Å²) in [6.45, 7) is 0. The van der Waals surface area contributed by atoms with Gasteiger partial charge in [-0.15, -0.1) is 10.2 Å². The van der Waals surface area contributed by atoms with Gasteiger partial charge in [-0.3, -0.25) is 0 Å². The Kier molecular flexibility index (Phi) is 5.52. The van der Waals surface area contributed by atoms with Crippen molar-refractivity contribution in [2.75, 3.05) is 7.11 Å². The zero-order valence-electron chi connectivity index (χ0n) is 14.7. The molecular formula is C18H14Cl2N6OS. The van der Waals surface area contributed by atoms with Crippen LogP contribution in [0.4, 0.5) is 0 Å². The number of methoxy groups -OCH3 is 1. The SMILES string of the molecule is COc1ccc(C=Nn2cnn3c(SCc4ccc(Cl)cc4Cl)nnc23)cc1. The average molecular weight is 433 g/mol. The molecule has 0 atom stereocenters. The van der Waals surface area contributed by atoms with Gasteiger partial charge in [-0.05, 0) is 47.5 Å². The normalized spacial score (nSPS) is 11.5. The van der Waals surface area contributed by atoms with Gasteiger partial charge in [0.05, 0.1) is 13.3 Å². The van der Waals surface area contributed by atoms with Crippen LogP contribution in [0.1, 0.15) is 11.1 Å². The molecule has 2 aromatic carbocycles. The number of ether oxygens (including phenoxy) is 1. The van der Waals surface area contributed by atoms with E-state index in [9.17, 15) is 0 Å². The van der Waals surface area contributed by atoms with Gasteiger partial charge < -0.3 is 4.74 Å². The quantitative estimate of drug-likeness (QED) is 0.333. The maximum absolute atomic E-state index is 6.22. The van der Waals surface area contributed by atoms with Crippen molar-refractivity contribution in [3.8, 4) is 5.75 Å². The summed E-state index contributed by atoms with van der Waals surface area (Å²) in [6.07, 6.45) is 3.31. The number of fused-ring (bicyclic) bond motifs is 1. The van der Waals surface area contributed by atoms with Crippen LogP contribution in [-0.4, -0.2) is 37.8 Å². The molecule has 2 aromatic heterocycles. The summed E-state index contributed by atoms with van der Waals surface area (Å²) >= 11 is 13.6. The summed E-state index contributed by atoms with van der Waals surface area (Å²) in [4.78, 5) is 0. The van der Waals surface area contributed by atoms with Crippen molar-refractivity contribution in [3.05, 3.63) is 70.0 Å². The number of aromatic nitrogens is 5. The maximum atomic E-state index is 6.22. The molecule has 0 amide bonds. The molecule has 0 bridgehead atoms. The van der Waals surface area contributed by atoms with Crippen LogP contribution in [0.2, 0.25) is 10.0 Å². The molecule has 0 radical (unpaired) electrons. The molecule has 142 valence electrons. The van der Waals surface area contributed by atoms with E-state index >= 15 is 0 Å². The van der Waals surface area contributed by atoms with Crippen molar-refractivity contribution < 1.29 is 4.74 Å². The highest BCUT2D eigenvalue weighted by molar-refractivity contribution is 7.98. The van der Waals surface area contributed by atoms with Gasteiger partial charge in [-0.25, -0.2) is 0 Å². The molecule has 0 fully saturated rings. The Bertz CT molecular complexity index is 1140. The molecule has 10 heteroatoms. The molecule has 28 heavy (non-hydrogen) atoms. The Labute approximate surface area is 174 Å². The number of thioether (sulfide) groups is 1. The summed E-state index contributed by atoms with van der Waals surface area (Å²) in [5.74, 6) is 1.94. The lowest BCUT2D eigenvalue weighted by atomic mass is 10.2. The number of halogens is 2. The fraction of sp³-hybridized carbons (Fsp3) is 0.111. The molecule has 2 heterocycles. The minimum Gasteiger partial charge on any atom is -0.497 e. The number of benzene rings is 2. The largest absolute Gasteiger partial charge is 0.497 e. The van der Waals surface area contributed by atoms with Gasteiger partial charge in [0.2, 0.25) is 5.16 Å². The zero-order valence-corrected chi connectivity index (χ0v) is 17.0. The number of hydrogen-bond donors (Lipinski definition) is 0. The lowest BCUT2D eigenvalue weighted by molar-refractivity contribution is 0.415. The Morgan fingerprint density at radius 3 is 2.71 bits per heavy atom. The van der Waals surface area contributed by atoms with Gasteiger partial charge in [0.1, 0.15) is 12.1 Å². The van der Waals surface area contributed by atoms with Crippen LogP contribution in [-0.2, 0) is 5.75 Å². The average Bonchev–Trinajstić information content (AvgIpc) is 3.29. The molecular weight excluding hydrogens is 419 g/mol. The third-order valence-electron chi connectivity index (χ3n) is 3.90. The van der Waals surface area contributed by atoms with E-state index in [0.717, 1.165) is 16.9 Å². The number of hydrogen-bond acceptors (Lipinski definition) is 6. The van der Waals surface area contributed by atoms with Gasteiger partial charge in [0.15, 0.2) is 0 Å². The molecule has 0 N–H and O–H groups in total. The monoisotopic (exact) mass is 432 g/mol. The maximum Gasteiger partial charge on any atom is 0.275 e. The molecule has 4 rings (SSSR count). The van der Waals surface area contributed by atoms with Crippen molar-refractivity contribution in [2.24, 2.45) is 5.10 Å². The molecule has 0 aliphatic carbocycles. The summed E-state index contributed by atoms with van der Waals surface area (Å²) < 4.78 is 8.35. The molecule has 0 spiro atoms. The van der Waals surface area contributed by atoms with Gasteiger partial charge >= 0.3 is 0 Å². The summed E-state index contributed by atoms with van der Waals surface area (Å²) in [6, 6.07) is 13.0. The van der Waals surface area contributed by atoms with E-state index in [1.54, 1.807) is 34.9 Å². The van der Waals surface area contributed by atoms with E-state index in [0.29, 0.717) is 26.7 Å². The van der Waals surface area contributed by atoms with E-state index in [2.05, 4.69) is 20.4 Å². The second-order valence-corrected chi connectivity index (χ2v) is 7.50. The van der Waals surface area contributed by atoms with Gasteiger partial charge in [-0.1, -0.05) is 41.0 Å². The van der Waals surface area contributed by atoms with Gasteiger partial charge in [-0.2, -0.15) is 19.4 Å². The molecule has 0 saturated heterocycles. The standard InChI is InChI=1S/C18H14Cl2N6OS/c1-27-15-6-2-12(3-7-15)9-21-25-11-22-26-17(25)23-24-18(26)28-10-13-4-5-14(19)8-16(13)20/h2-9,11H,10H2,1H3. The highest BCUT2D eigenvalue weighted by atomic mass is 35.5. The third kappa shape index (κ3) is 3.99. The van der Waals surface area contributed by atoms with Crippen LogP contribution >= 0.6 is 35.0 Å². The van der Waals surface area contributed by atoms with Crippen molar-refractivity contribution in [2.45, 2.75) is 10.9 Å². The van der Waals surface area contributed by atoms with Crippen LogP contribution in [0.25, 0.3) is 5.78 Å². The van der Waals surface area contributed by atoms with E-state index < -0.39 is 0 Å². The number of rotatable bonds is 6.